The number of hydrogen-bond acceptors (Lipinski definition) is 2. The normalized spacial score (nSPS) is 14.4. The smallest absolute Gasteiger partial charge is 0.254 e. The van der Waals surface area contributed by atoms with E-state index in [0.29, 0.717) is 37.3 Å². The average molecular weight is 362 g/mol. The van der Waals surface area contributed by atoms with Crippen LogP contribution < -0.4 is 0 Å². The zero-order chi connectivity index (χ0) is 18.8. The van der Waals surface area contributed by atoms with Crippen LogP contribution in [0.4, 0.5) is 4.39 Å². The van der Waals surface area contributed by atoms with Crippen LogP contribution in [0.3, 0.4) is 0 Å². The zero-order valence-corrected chi connectivity index (χ0v) is 14.8. The van der Waals surface area contributed by atoms with Gasteiger partial charge in [0.25, 0.3) is 11.8 Å². The highest BCUT2D eigenvalue weighted by Gasteiger charge is 2.26. The van der Waals surface area contributed by atoms with Gasteiger partial charge in [0.1, 0.15) is 5.82 Å². The van der Waals surface area contributed by atoms with Gasteiger partial charge >= 0.3 is 0 Å². The molecule has 5 heteroatoms. The molecule has 0 radical (unpaired) electrons. The number of carbonyl (C=O) groups excluding carboxylic acids is 2. The average Bonchev–Trinajstić information content (AvgIpc) is 2.72. The van der Waals surface area contributed by atoms with Crippen LogP contribution in [0.2, 0.25) is 0 Å². The first kappa shape index (κ1) is 17.2. The van der Waals surface area contributed by atoms with Gasteiger partial charge in [-0.1, -0.05) is 42.5 Å². The number of amides is 2. The predicted molar refractivity (Wildman–Crippen MR) is 102 cm³/mol. The fourth-order valence-electron chi connectivity index (χ4n) is 3.50. The molecule has 1 heterocycles. The van der Waals surface area contributed by atoms with Crippen LogP contribution in [0.1, 0.15) is 20.7 Å². The van der Waals surface area contributed by atoms with Crippen LogP contribution >= 0.6 is 0 Å². The molecule has 0 atom stereocenters. The minimum Gasteiger partial charge on any atom is -0.335 e. The molecule has 0 unspecified atom stereocenters. The predicted octanol–water partition coefficient (Wildman–Crippen LogP) is 3.58. The highest BCUT2D eigenvalue weighted by Crippen LogP contribution is 2.21. The molecular formula is C22H19FN2O2. The quantitative estimate of drug-likeness (QED) is 0.699. The molecule has 0 spiro atoms. The number of halogens is 1. The second kappa shape index (κ2) is 7.19. The highest BCUT2D eigenvalue weighted by atomic mass is 19.1. The van der Waals surface area contributed by atoms with Gasteiger partial charge in [-0.15, -0.1) is 0 Å². The molecule has 4 nitrogen and oxygen atoms in total. The van der Waals surface area contributed by atoms with E-state index >= 15 is 0 Å². The molecule has 0 saturated carbocycles. The Hall–Kier alpha value is -3.21. The van der Waals surface area contributed by atoms with Gasteiger partial charge in [0.15, 0.2) is 0 Å². The summed E-state index contributed by atoms with van der Waals surface area (Å²) in [5, 5.41) is 1.96. The van der Waals surface area contributed by atoms with Gasteiger partial charge in [-0.25, -0.2) is 4.39 Å². The summed E-state index contributed by atoms with van der Waals surface area (Å²) in [6.45, 7) is 1.80. The largest absolute Gasteiger partial charge is 0.335 e. The minimum absolute atomic E-state index is 0.0235. The Bertz CT molecular complexity index is 1000. The van der Waals surface area contributed by atoms with E-state index in [9.17, 15) is 14.0 Å². The van der Waals surface area contributed by atoms with Crippen LogP contribution in [0, 0.1) is 5.82 Å². The molecule has 4 rings (SSSR count). The van der Waals surface area contributed by atoms with Crippen molar-refractivity contribution >= 4 is 22.6 Å². The van der Waals surface area contributed by atoms with E-state index in [0.717, 1.165) is 10.8 Å². The lowest BCUT2D eigenvalue weighted by molar-refractivity contribution is 0.0536. The molecule has 3 aromatic carbocycles. The van der Waals surface area contributed by atoms with Gasteiger partial charge in [0.05, 0.1) is 0 Å². The molecule has 0 bridgehead atoms. The molecule has 1 aliphatic rings. The fraction of sp³-hybridized carbons (Fsp3) is 0.182. The number of nitrogens with zero attached hydrogens (tertiary/aromatic N) is 2. The third-order valence-corrected chi connectivity index (χ3v) is 4.95. The second-order valence-corrected chi connectivity index (χ2v) is 6.62. The lowest BCUT2D eigenvalue weighted by atomic mass is 10.0. The number of rotatable bonds is 2. The molecule has 3 aromatic rings. The lowest BCUT2D eigenvalue weighted by Crippen LogP contribution is -2.50. The van der Waals surface area contributed by atoms with Crippen molar-refractivity contribution in [3.8, 4) is 0 Å². The van der Waals surface area contributed by atoms with Crippen molar-refractivity contribution in [2.75, 3.05) is 26.2 Å². The maximum absolute atomic E-state index is 13.4. The number of piperazine rings is 1. The Morgan fingerprint density at radius 1 is 0.741 bits per heavy atom. The molecule has 27 heavy (non-hydrogen) atoms. The standard InChI is InChI=1S/C22H19FN2O2/c23-18-8-3-7-17(15-18)21(26)24-11-13-25(14-12-24)22(27)20-10-4-6-16-5-1-2-9-19(16)20/h1-10,15H,11-14H2. The van der Waals surface area contributed by atoms with Crippen molar-refractivity contribution in [1.82, 2.24) is 9.80 Å². The van der Waals surface area contributed by atoms with E-state index in [1.165, 1.54) is 18.2 Å². The second-order valence-electron chi connectivity index (χ2n) is 6.62. The van der Waals surface area contributed by atoms with E-state index in [-0.39, 0.29) is 11.8 Å². The van der Waals surface area contributed by atoms with Crippen LogP contribution in [0.5, 0.6) is 0 Å². The molecule has 0 aliphatic carbocycles. The SMILES string of the molecule is O=C(c1cccc(F)c1)N1CCN(C(=O)c2cccc3ccccc23)CC1. The van der Waals surface area contributed by atoms with Crippen LogP contribution in [-0.4, -0.2) is 47.8 Å². The van der Waals surface area contributed by atoms with Crippen molar-refractivity contribution in [1.29, 1.82) is 0 Å². The molecular weight excluding hydrogens is 343 g/mol. The summed E-state index contributed by atoms with van der Waals surface area (Å²) in [6.07, 6.45) is 0. The minimum atomic E-state index is -0.425. The van der Waals surface area contributed by atoms with Crippen molar-refractivity contribution < 1.29 is 14.0 Å². The number of carbonyl (C=O) groups is 2. The van der Waals surface area contributed by atoms with E-state index in [1.807, 2.05) is 42.5 Å². The Morgan fingerprint density at radius 2 is 1.37 bits per heavy atom. The summed E-state index contributed by atoms with van der Waals surface area (Å²) in [6, 6.07) is 19.2. The first-order valence-electron chi connectivity index (χ1n) is 8.95. The molecule has 1 fully saturated rings. The summed E-state index contributed by atoms with van der Waals surface area (Å²) in [5.74, 6) is -0.651. The van der Waals surface area contributed by atoms with Crippen molar-refractivity contribution in [2.45, 2.75) is 0 Å². The first-order valence-corrected chi connectivity index (χ1v) is 8.95. The van der Waals surface area contributed by atoms with Crippen molar-refractivity contribution in [3.63, 3.8) is 0 Å². The maximum Gasteiger partial charge on any atom is 0.254 e. The molecule has 1 saturated heterocycles. The third-order valence-electron chi connectivity index (χ3n) is 4.95. The molecule has 0 aromatic heterocycles. The fourth-order valence-corrected chi connectivity index (χ4v) is 3.50. The van der Waals surface area contributed by atoms with Crippen molar-refractivity contribution in [3.05, 3.63) is 83.7 Å². The molecule has 1 aliphatic heterocycles. The highest BCUT2D eigenvalue weighted by molar-refractivity contribution is 6.07. The monoisotopic (exact) mass is 362 g/mol. The first-order chi connectivity index (χ1) is 13.1. The van der Waals surface area contributed by atoms with Gasteiger partial charge in [-0.05, 0) is 35.0 Å². The third kappa shape index (κ3) is 3.40. The number of benzene rings is 3. The molecule has 2 amide bonds. The maximum atomic E-state index is 13.4. The van der Waals surface area contributed by atoms with E-state index in [4.69, 9.17) is 0 Å². The van der Waals surface area contributed by atoms with Crippen LogP contribution in [-0.2, 0) is 0 Å². The Labute approximate surface area is 156 Å². The van der Waals surface area contributed by atoms with Crippen molar-refractivity contribution in [2.24, 2.45) is 0 Å². The summed E-state index contributed by atoms with van der Waals surface area (Å²) in [4.78, 5) is 29.0. The summed E-state index contributed by atoms with van der Waals surface area (Å²) < 4.78 is 13.4. The van der Waals surface area contributed by atoms with Gasteiger partial charge < -0.3 is 9.80 Å². The van der Waals surface area contributed by atoms with E-state index < -0.39 is 5.82 Å². The zero-order valence-electron chi connectivity index (χ0n) is 14.8. The van der Waals surface area contributed by atoms with E-state index in [1.54, 1.807) is 15.9 Å². The number of fused-ring (bicyclic) bond motifs is 1. The Morgan fingerprint density at radius 3 is 2.11 bits per heavy atom. The van der Waals surface area contributed by atoms with Crippen LogP contribution in [0.25, 0.3) is 10.8 Å². The Kier molecular flexibility index (Phi) is 4.59. The summed E-state index contributed by atoms with van der Waals surface area (Å²) in [5.41, 5.74) is 1.02. The van der Waals surface area contributed by atoms with Gasteiger partial charge in [0.2, 0.25) is 0 Å². The van der Waals surface area contributed by atoms with Gasteiger partial charge in [-0.3, -0.25) is 9.59 Å². The summed E-state index contributed by atoms with van der Waals surface area (Å²) in [7, 11) is 0. The topological polar surface area (TPSA) is 40.6 Å². The van der Waals surface area contributed by atoms with Crippen LogP contribution in [0.15, 0.2) is 66.7 Å². The molecule has 136 valence electrons. The number of hydrogen-bond donors (Lipinski definition) is 0. The lowest BCUT2D eigenvalue weighted by Gasteiger charge is -2.35. The molecule has 0 N–H and O–H groups in total. The van der Waals surface area contributed by atoms with Gasteiger partial charge in [0, 0.05) is 37.3 Å². The van der Waals surface area contributed by atoms with E-state index in [2.05, 4.69) is 0 Å². The van der Waals surface area contributed by atoms with Gasteiger partial charge in [-0.2, -0.15) is 0 Å². The summed E-state index contributed by atoms with van der Waals surface area (Å²) >= 11 is 0. The Balaban J connectivity index is 1.47.